The molecule has 8 heteroatoms. The smallest absolute Gasteiger partial charge is 0.276 e. The molecular weight excluding hydrogens is 383 g/mol. The van der Waals surface area contributed by atoms with E-state index in [1.165, 1.54) is 18.2 Å². The Labute approximate surface area is 169 Å². The summed E-state index contributed by atoms with van der Waals surface area (Å²) in [6.07, 6.45) is 4.90. The van der Waals surface area contributed by atoms with E-state index in [0.29, 0.717) is 29.5 Å². The summed E-state index contributed by atoms with van der Waals surface area (Å²) in [7, 11) is 2.15. The summed E-state index contributed by atoms with van der Waals surface area (Å²) in [6.45, 7) is 2.48. The van der Waals surface area contributed by atoms with E-state index in [2.05, 4.69) is 22.4 Å². The lowest BCUT2D eigenvalue weighted by Gasteiger charge is -2.36. The zero-order valence-electron chi connectivity index (χ0n) is 16.2. The van der Waals surface area contributed by atoms with Gasteiger partial charge in [-0.1, -0.05) is 6.92 Å². The Morgan fingerprint density at radius 2 is 1.96 bits per heavy atom. The molecule has 2 aliphatic rings. The van der Waals surface area contributed by atoms with Gasteiger partial charge in [-0.05, 0) is 57.4 Å². The second-order valence-electron chi connectivity index (χ2n) is 7.75. The van der Waals surface area contributed by atoms with Gasteiger partial charge in [-0.2, -0.15) is 5.10 Å². The summed E-state index contributed by atoms with van der Waals surface area (Å²) in [6, 6.07) is 5.05. The Morgan fingerprint density at radius 1 is 1.29 bits per heavy atom. The number of nitrogens with one attached hydrogen (secondary N) is 1. The number of amides is 1. The van der Waals surface area contributed by atoms with Crippen LogP contribution in [0.25, 0.3) is 10.9 Å². The summed E-state index contributed by atoms with van der Waals surface area (Å²) in [4.78, 5) is 28.0. The van der Waals surface area contributed by atoms with Crippen molar-refractivity contribution in [1.82, 2.24) is 20.0 Å². The number of hydrogen-bond donors (Lipinski definition) is 1. The van der Waals surface area contributed by atoms with Crippen LogP contribution in [0.15, 0.2) is 23.0 Å². The Morgan fingerprint density at radius 3 is 2.61 bits per heavy atom. The third kappa shape index (κ3) is 3.65. The fourth-order valence-corrected chi connectivity index (χ4v) is 4.57. The van der Waals surface area contributed by atoms with Crippen LogP contribution in [-0.4, -0.2) is 45.8 Å². The predicted molar refractivity (Wildman–Crippen MR) is 109 cm³/mol. The number of carbonyl (C=O) groups excluding carboxylic acids is 1. The molecule has 1 amide bonds. The zero-order valence-corrected chi connectivity index (χ0v) is 17.0. The number of fused-ring (bicyclic) bond motifs is 3. The third-order valence-corrected chi connectivity index (χ3v) is 6.00. The van der Waals surface area contributed by atoms with Gasteiger partial charge >= 0.3 is 0 Å². The molecule has 0 unspecified atom stereocenters. The highest BCUT2D eigenvalue weighted by molar-refractivity contribution is 5.95. The van der Waals surface area contributed by atoms with Gasteiger partial charge in [0, 0.05) is 30.1 Å². The molecule has 2 saturated heterocycles. The van der Waals surface area contributed by atoms with Crippen LogP contribution >= 0.6 is 12.4 Å². The molecule has 0 aliphatic carbocycles. The van der Waals surface area contributed by atoms with Crippen molar-refractivity contribution >= 4 is 29.2 Å². The van der Waals surface area contributed by atoms with Gasteiger partial charge in [-0.3, -0.25) is 14.3 Å². The minimum atomic E-state index is -0.439. The SMILES string of the molecule is CCCn1nc(C(=O)N[C@H]2C[C@H]3CC[C@@H](C2)N3C)c(=O)c2ccc(F)cc21.Cl. The van der Waals surface area contributed by atoms with Crippen molar-refractivity contribution in [2.45, 2.75) is 63.7 Å². The summed E-state index contributed by atoms with van der Waals surface area (Å²) < 4.78 is 15.2. The first-order valence-corrected chi connectivity index (χ1v) is 9.71. The van der Waals surface area contributed by atoms with Gasteiger partial charge in [-0.15, -0.1) is 12.4 Å². The minimum absolute atomic E-state index is 0. The van der Waals surface area contributed by atoms with Crippen LogP contribution in [0.2, 0.25) is 0 Å². The zero-order chi connectivity index (χ0) is 19.1. The molecule has 2 fully saturated rings. The number of aromatic nitrogens is 2. The van der Waals surface area contributed by atoms with Crippen LogP contribution in [0.4, 0.5) is 4.39 Å². The lowest BCUT2D eigenvalue weighted by molar-refractivity contribution is 0.0874. The molecule has 1 N–H and O–H groups in total. The van der Waals surface area contributed by atoms with E-state index >= 15 is 0 Å². The van der Waals surface area contributed by atoms with Crippen molar-refractivity contribution in [3.8, 4) is 0 Å². The molecule has 1 aromatic carbocycles. The molecule has 2 bridgehead atoms. The van der Waals surface area contributed by atoms with Gasteiger partial charge < -0.3 is 10.2 Å². The van der Waals surface area contributed by atoms with Crippen molar-refractivity contribution < 1.29 is 9.18 Å². The molecule has 1 aromatic heterocycles. The molecule has 3 heterocycles. The van der Waals surface area contributed by atoms with Crippen LogP contribution < -0.4 is 10.7 Å². The molecule has 2 aliphatic heterocycles. The summed E-state index contributed by atoms with van der Waals surface area (Å²) in [5.74, 6) is -0.849. The van der Waals surface area contributed by atoms with Crippen molar-refractivity contribution in [3.63, 3.8) is 0 Å². The maximum atomic E-state index is 13.6. The molecule has 6 nitrogen and oxygen atoms in total. The summed E-state index contributed by atoms with van der Waals surface area (Å²) >= 11 is 0. The van der Waals surface area contributed by atoms with E-state index in [-0.39, 0.29) is 24.1 Å². The monoisotopic (exact) mass is 408 g/mol. The largest absolute Gasteiger partial charge is 0.348 e. The number of aryl methyl sites for hydroxylation is 1. The summed E-state index contributed by atoms with van der Waals surface area (Å²) in [5, 5.41) is 7.63. The molecule has 2 aromatic rings. The van der Waals surface area contributed by atoms with E-state index in [4.69, 9.17) is 0 Å². The van der Waals surface area contributed by atoms with Gasteiger partial charge in [0.1, 0.15) is 5.82 Å². The first-order valence-electron chi connectivity index (χ1n) is 9.71. The van der Waals surface area contributed by atoms with Gasteiger partial charge in [0.25, 0.3) is 5.91 Å². The molecular formula is C20H26ClFN4O2. The van der Waals surface area contributed by atoms with Crippen LogP contribution in [0.1, 0.15) is 49.5 Å². The van der Waals surface area contributed by atoms with Crippen molar-refractivity contribution in [2.24, 2.45) is 0 Å². The predicted octanol–water partition coefficient (Wildman–Crippen LogP) is 2.72. The van der Waals surface area contributed by atoms with E-state index in [1.807, 2.05) is 6.92 Å². The summed E-state index contributed by atoms with van der Waals surface area (Å²) in [5.41, 5.74) is -0.115. The van der Waals surface area contributed by atoms with E-state index in [9.17, 15) is 14.0 Å². The normalized spacial score (nSPS) is 24.2. The van der Waals surface area contributed by atoms with Crippen LogP contribution in [0, 0.1) is 5.82 Å². The average molecular weight is 409 g/mol. The number of nitrogens with zero attached hydrogens (tertiary/aromatic N) is 3. The number of piperidine rings is 1. The standard InChI is InChI=1S/C20H25FN4O2.ClH/c1-3-8-25-17-9-12(21)4-7-16(17)19(26)18(23-25)20(27)22-13-10-14-5-6-15(11-13)24(14)2;/h4,7,9,13-15H,3,5-6,8,10-11H2,1-2H3,(H,22,27);1H/t13-,14+,15-;. The van der Waals surface area contributed by atoms with E-state index in [0.717, 1.165) is 32.1 Å². The number of hydrogen-bond acceptors (Lipinski definition) is 4. The fourth-order valence-electron chi connectivity index (χ4n) is 4.57. The van der Waals surface area contributed by atoms with Crippen LogP contribution in [0.3, 0.4) is 0 Å². The maximum Gasteiger partial charge on any atom is 0.276 e. The molecule has 0 spiro atoms. The molecule has 28 heavy (non-hydrogen) atoms. The van der Waals surface area contributed by atoms with E-state index in [1.54, 1.807) is 4.68 Å². The van der Waals surface area contributed by atoms with Crippen molar-refractivity contribution in [1.29, 1.82) is 0 Å². The van der Waals surface area contributed by atoms with Gasteiger partial charge in [0.15, 0.2) is 5.69 Å². The van der Waals surface area contributed by atoms with Gasteiger partial charge in [0.2, 0.25) is 5.43 Å². The first-order chi connectivity index (χ1) is 13.0. The maximum absolute atomic E-state index is 13.6. The number of benzene rings is 1. The lowest BCUT2D eigenvalue weighted by Crippen LogP contribution is -2.49. The molecule has 0 saturated carbocycles. The Balaban J connectivity index is 0.00000225. The Bertz CT molecular complexity index is 934. The van der Waals surface area contributed by atoms with Crippen molar-refractivity contribution in [2.75, 3.05) is 7.05 Å². The molecule has 3 atom stereocenters. The van der Waals surface area contributed by atoms with Gasteiger partial charge in [0.05, 0.1) is 5.52 Å². The van der Waals surface area contributed by atoms with Crippen LogP contribution in [0.5, 0.6) is 0 Å². The molecule has 152 valence electrons. The highest BCUT2D eigenvalue weighted by Gasteiger charge is 2.39. The Kier molecular flexibility index (Phi) is 6.05. The molecule has 4 rings (SSSR count). The lowest BCUT2D eigenvalue weighted by atomic mass is 9.98. The Hall–Kier alpha value is -1.99. The second-order valence-corrected chi connectivity index (χ2v) is 7.75. The van der Waals surface area contributed by atoms with Crippen LogP contribution in [-0.2, 0) is 6.54 Å². The number of carbonyl (C=O) groups is 1. The van der Waals surface area contributed by atoms with E-state index < -0.39 is 17.2 Å². The fraction of sp³-hybridized carbons (Fsp3) is 0.550. The molecule has 0 radical (unpaired) electrons. The third-order valence-electron chi connectivity index (χ3n) is 6.00. The average Bonchev–Trinajstić information content (AvgIpc) is 2.85. The quantitative estimate of drug-likeness (QED) is 0.844. The highest BCUT2D eigenvalue weighted by Crippen LogP contribution is 2.34. The number of halogens is 2. The van der Waals surface area contributed by atoms with Crippen molar-refractivity contribution in [3.05, 3.63) is 39.9 Å². The number of rotatable bonds is 4. The van der Waals surface area contributed by atoms with Gasteiger partial charge in [-0.25, -0.2) is 4.39 Å². The highest BCUT2D eigenvalue weighted by atomic mass is 35.5. The topological polar surface area (TPSA) is 67.2 Å². The minimum Gasteiger partial charge on any atom is -0.348 e. The second kappa shape index (κ2) is 8.17. The first kappa shape index (κ1) is 20.7.